The van der Waals surface area contributed by atoms with Gasteiger partial charge in [-0.05, 0) is 41.9 Å². The van der Waals surface area contributed by atoms with E-state index in [2.05, 4.69) is 41.5 Å². The van der Waals surface area contributed by atoms with Crippen LogP contribution < -0.4 is 0 Å². The zero-order valence-electron chi connectivity index (χ0n) is 10.9. The number of hydrogen-bond donors (Lipinski definition) is 0. The SMILES string of the molecule is C.C.CC1CC2CC(C1C)C2(C)C.CCC. The molecular formula is C16H36. The Morgan fingerprint density at radius 1 is 1.00 bits per heavy atom. The third-order valence-corrected chi connectivity index (χ3v) is 4.73. The van der Waals surface area contributed by atoms with Crippen LogP contribution in [-0.4, -0.2) is 0 Å². The van der Waals surface area contributed by atoms with E-state index in [1.165, 1.54) is 19.3 Å². The van der Waals surface area contributed by atoms with E-state index in [9.17, 15) is 0 Å². The molecule has 3 saturated carbocycles. The van der Waals surface area contributed by atoms with Gasteiger partial charge in [0, 0.05) is 0 Å². The summed E-state index contributed by atoms with van der Waals surface area (Å²) >= 11 is 0. The minimum Gasteiger partial charge on any atom is -0.0776 e. The van der Waals surface area contributed by atoms with Crippen molar-refractivity contribution in [1.29, 1.82) is 0 Å². The molecule has 3 aliphatic rings. The fraction of sp³-hybridized carbons (Fsp3) is 1.00. The monoisotopic (exact) mass is 228 g/mol. The van der Waals surface area contributed by atoms with Gasteiger partial charge in [-0.15, -0.1) is 0 Å². The highest BCUT2D eigenvalue weighted by atomic mass is 14.6. The highest BCUT2D eigenvalue weighted by Crippen LogP contribution is 2.62. The molecule has 0 aromatic carbocycles. The molecule has 0 spiro atoms. The molecule has 4 unspecified atom stereocenters. The van der Waals surface area contributed by atoms with E-state index < -0.39 is 0 Å². The molecule has 0 heterocycles. The molecule has 0 amide bonds. The van der Waals surface area contributed by atoms with Crippen LogP contribution in [0.5, 0.6) is 0 Å². The summed E-state index contributed by atoms with van der Waals surface area (Å²) < 4.78 is 0. The van der Waals surface area contributed by atoms with Crippen molar-refractivity contribution in [3.05, 3.63) is 0 Å². The van der Waals surface area contributed by atoms with E-state index in [0.717, 1.165) is 23.7 Å². The van der Waals surface area contributed by atoms with Gasteiger partial charge in [0.15, 0.2) is 0 Å². The number of fused-ring (bicyclic) bond motifs is 2. The van der Waals surface area contributed by atoms with Crippen molar-refractivity contribution in [3.63, 3.8) is 0 Å². The van der Waals surface area contributed by atoms with Gasteiger partial charge in [-0.1, -0.05) is 62.8 Å². The summed E-state index contributed by atoms with van der Waals surface area (Å²) in [7, 11) is 0. The van der Waals surface area contributed by atoms with Crippen LogP contribution in [0.3, 0.4) is 0 Å². The maximum atomic E-state index is 2.47. The fourth-order valence-corrected chi connectivity index (χ4v) is 3.41. The van der Waals surface area contributed by atoms with Crippen molar-refractivity contribution < 1.29 is 0 Å². The van der Waals surface area contributed by atoms with E-state index in [-0.39, 0.29) is 14.9 Å². The van der Waals surface area contributed by atoms with Crippen LogP contribution >= 0.6 is 0 Å². The lowest BCUT2D eigenvalue weighted by atomic mass is 9.44. The average Bonchev–Trinajstić information content (AvgIpc) is 2.10. The second-order valence-corrected chi connectivity index (χ2v) is 6.14. The molecule has 0 heteroatoms. The first-order chi connectivity index (χ1) is 6.45. The van der Waals surface area contributed by atoms with Crippen LogP contribution in [0, 0.1) is 29.1 Å². The Kier molecular flexibility index (Phi) is 7.65. The Bertz CT molecular complexity index is 180. The zero-order valence-corrected chi connectivity index (χ0v) is 10.9. The molecule has 16 heavy (non-hydrogen) atoms. The molecular weight excluding hydrogens is 192 g/mol. The second kappa shape index (κ2) is 6.67. The van der Waals surface area contributed by atoms with Crippen LogP contribution in [0.2, 0.25) is 0 Å². The van der Waals surface area contributed by atoms with Gasteiger partial charge in [-0.2, -0.15) is 0 Å². The van der Waals surface area contributed by atoms with E-state index in [4.69, 9.17) is 0 Å². The molecule has 0 nitrogen and oxygen atoms in total. The van der Waals surface area contributed by atoms with Crippen LogP contribution in [-0.2, 0) is 0 Å². The third-order valence-electron chi connectivity index (χ3n) is 4.73. The molecule has 3 fully saturated rings. The molecule has 0 aromatic rings. The van der Waals surface area contributed by atoms with Gasteiger partial charge in [-0.3, -0.25) is 0 Å². The van der Waals surface area contributed by atoms with Crippen molar-refractivity contribution in [3.8, 4) is 0 Å². The van der Waals surface area contributed by atoms with Crippen LogP contribution in [0.25, 0.3) is 0 Å². The van der Waals surface area contributed by atoms with Crippen molar-refractivity contribution in [2.24, 2.45) is 29.1 Å². The second-order valence-electron chi connectivity index (χ2n) is 6.14. The molecule has 0 N–H and O–H groups in total. The molecule has 2 bridgehead atoms. The lowest BCUT2D eigenvalue weighted by Crippen LogP contribution is -2.54. The maximum absolute atomic E-state index is 2.47. The van der Waals surface area contributed by atoms with Gasteiger partial charge in [-0.25, -0.2) is 0 Å². The standard InChI is InChI=1S/C11H20.C3H8.2CH4/c1-7-5-9-6-10(8(7)2)11(9,3)4;1-3-2;;/h7-10H,5-6H2,1-4H3;3H2,1-2H3;2*1H4. The van der Waals surface area contributed by atoms with Gasteiger partial charge in [0.2, 0.25) is 0 Å². The fourth-order valence-electron chi connectivity index (χ4n) is 3.41. The first-order valence-corrected chi connectivity index (χ1v) is 6.45. The number of hydrogen-bond acceptors (Lipinski definition) is 0. The topological polar surface area (TPSA) is 0 Å². The lowest BCUT2D eigenvalue weighted by molar-refractivity contribution is -0.124. The first-order valence-electron chi connectivity index (χ1n) is 6.45. The quantitative estimate of drug-likeness (QED) is 0.476. The van der Waals surface area contributed by atoms with E-state index in [1.54, 1.807) is 0 Å². The first kappa shape index (κ1) is 18.4. The van der Waals surface area contributed by atoms with E-state index >= 15 is 0 Å². The van der Waals surface area contributed by atoms with Crippen molar-refractivity contribution >= 4 is 0 Å². The molecule has 0 aliphatic heterocycles. The minimum atomic E-state index is 0. The lowest BCUT2D eigenvalue weighted by Gasteiger charge is -2.61. The summed E-state index contributed by atoms with van der Waals surface area (Å²) in [4.78, 5) is 0. The van der Waals surface area contributed by atoms with Crippen molar-refractivity contribution in [1.82, 2.24) is 0 Å². The summed E-state index contributed by atoms with van der Waals surface area (Å²) in [6.07, 6.45) is 4.27. The smallest absolute Gasteiger partial charge is 0.0295 e. The third kappa shape index (κ3) is 3.02. The zero-order chi connectivity index (χ0) is 10.9. The highest BCUT2D eigenvalue weighted by molar-refractivity contribution is 5.03. The van der Waals surface area contributed by atoms with Gasteiger partial charge in [0.25, 0.3) is 0 Å². The summed E-state index contributed by atoms with van der Waals surface area (Å²) in [5.74, 6) is 4.07. The summed E-state index contributed by atoms with van der Waals surface area (Å²) in [6.45, 7) is 14.1. The Morgan fingerprint density at radius 2 is 1.44 bits per heavy atom. The highest BCUT2D eigenvalue weighted by Gasteiger charge is 2.54. The van der Waals surface area contributed by atoms with Crippen molar-refractivity contribution in [2.45, 2.75) is 75.7 Å². The predicted molar refractivity (Wildman–Crippen MR) is 77.8 cm³/mol. The normalized spacial score (nSPS) is 37.9. The van der Waals surface area contributed by atoms with Gasteiger partial charge >= 0.3 is 0 Å². The Balaban J connectivity index is 0. The molecule has 0 saturated heterocycles. The number of rotatable bonds is 0. The van der Waals surface area contributed by atoms with Gasteiger partial charge in [0.1, 0.15) is 0 Å². The molecule has 100 valence electrons. The Hall–Kier alpha value is 0. The Labute approximate surface area is 105 Å². The van der Waals surface area contributed by atoms with Crippen LogP contribution in [0.1, 0.15) is 75.7 Å². The van der Waals surface area contributed by atoms with Crippen LogP contribution in [0.15, 0.2) is 0 Å². The Morgan fingerprint density at radius 3 is 1.69 bits per heavy atom. The molecule has 4 atom stereocenters. The van der Waals surface area contributed by atoms with Gasteiger partial charge in [0.05, 0.1) is 0 Å². The van der Waals surface area contributed by atoms with E-state index in [1.807, 2.05) is 0 Å². The summed E-state index contributed by atoms with van der Waals surface area (Å²) in [5.41, 5.74) is 0.686. The summed E-state index contributed by atoms with van der Waals surface area (Å²) in [6, 6.07) is 0. The van der Waals surface area contributed by atoms with Gasteiger partial charge < -0.3 is 0 Å². The van der Waals surface area contributed by atoms with Crippen LogP contribution in [0.4, 0.5) is 0 Å². The maximum Gasteiger partial charge on any atom is -0.0295 e. The molecule has 0 radical (unpaired) electrons. The molecule has 0 aromatic heterocycles. The average molecular weight is 228 g/mol. The van der Waals surface area contributed by atoms with E-state index in [0.29, 0.717) is 5.41 Å². The summed E-state index contributed by atoms with van der Waals surface area (Å²) in [5, 5.41) is 0. The molecule has 3 rings (SSSR count). The minimum absolute atomic E-state index is 0. The van der Waals surface area contributed by atoms with Crippen molar-refractivity contribution in [2.75, 3.05) is 0 Å². The largest absolute Gasteiger partial charge is 0.0776 e. The predicted octanol–water partition coefficient (Wildman–Crippen LogP) is 6.01. The molecule has 3 aliphatic carbocycles.